The van der Waals surface area contributed by atoms with E-state index in [4.69, 9.17) is 5.73 Å². The van der Waals surface area contributed by atoms with Gasteiger partial charge in [0.05, 0.1) is 9.87 Å². The fourth-order valence-electron chi connectivity index (χ4n) is 3.56. The molecule has 0 bridgehead atoms. The molecule has 2 aromatic rings. The molecule has 1 atom stereocenters. The molecule has 0 spiro atoms. The van der Waals surface area contributed by atoms with Gasteiger partial charge in [-0.3, -0.25) is 24.7 Å². The zero-order valence-electron chi connectivity index (χ0n) is 15.5. The number of benzene rings is 1. The van der Waals surface area contributed by atoms with E-state index < -0.39 is 10.8 Å². The molecule has 1 aromatic carbocycles. The van der Waals surface area contributed by atoms with Gasteiger partial charge >= 0.3 is 0 Å². The van der Waals surface area contributed by atoms with Crippen LogP contribution >= 0.6 is 15.9 Å². The van der Waals surface area contributed by atoms with Gasteiger partial charge in [0, 0.05) is 36.1 Å². The molecule has 2 heterocycles. The van der Waals surface area contributed by atoms with Crippen molar-refractivity contribution in [2.75, 3.05) is 11.4 Å². The minimum Gasteiger partial charge on any atom is -0.366 e. The van der Waals surface area contributed by atoms with Gasteiger partial charge in [-0.2, -0.15) is 0 Å². The summed E-state index contributed by atoms with van der Waals surface area (Å²) in [6.45, 7) is 0.566. The quantitative estimate of drug-likeness (QED) is 0.177. The number of pyridine rings is 1. The van der Waals surface area contributed by atoms with Crippen molar-refractivity contribution in [3.8, 4) is 0 Å². The van der Waals surface area contributed by atoms with Crippen molar-refractivity contribution >= 4 is 45.1 Å². The molecular weight excluding hydrogens is 440 g/mol. The number of hydrogen-bond donors (Lipinski definition) is 1. The zero-order chi connectivity index (χ0) is 21.0. The number of aromatic nitrogens is 1. The molecule has 3 rings (SSSR count). The Balaban J connectivity index is 2.40. The highest BCUT2D eigenvalue weighted by atomic mass is 79.9. The molecule has 0 aliphatic carbocycles. The first-order chi connectivity index (χ1) is 14.0. The van der Waals surface area contributed by atoms with E-state index in [1.807, 2.05) is 4.90 Å². The van der Waals surface area contributed by atoms with Crippen molar-refractivity contribution in [1.82, 2.24) is 4.98 Å². The molecule has 2 N–H and O–H groups in total. The van der Waals surface area contributed by atoms with Crippen LogP contribution in [0.2, 0.25) is 0 Å². The van der Waals surface area contributed by atoms with Crippen molar-refractivity contribution in [2.45, 2.75) is 24.2 Å². The highest BCUT2D eigenvalue weighted by Crippen LogP contribution is 2.43. The maximum atomic E-state index is 12.3. The number of carbonyl (C=O) groups excluding carboxylic acids is 2. The van der Waals surface area contributed by atoms with Crippen molar-refractivity contribution in [1.29, 1.82) is 0 Å². The number of amides is 1. The van der Waals surface area contributed by atoms with Crippen LogP contribution in [0.5, 0.6) is 0 Å². The van der Waals surface area contributed by atoms with Crippen LogP contribution < -0.4 is 10.6 Å². The molecule has 1 aliphatic heterocycles. The van der Waals surface area contributed by atoms with Crippen LogP contribution in [-0.4, -0.2) is 33.6 Å². The lowest BCUT2D eigenvalue weighted by molar-refractivity contribution is -0.384. The molecule has 8 nitrogen and oxygen atoms in total. The van der Waals surface area contributed by atoms with Crippen molar-refractivity contribution < 1.29 is 14.5 Å². The molecule has 1 aliphatic rings. The first-order valence-electron chi connectivity index (χ1n) is 9.03. The molecule has 9 heteroatoms. The van der Waals surface area contributed by atoms with Gasteiger partial charge in [-0.25, -0.2) is 0 Å². The number of halogens is 1. The molecule has 1 amide bonds. The Morgan fingerprint density at radius 1 is 1.28 bits per heavy atom. The number of nitrogens with zero attached hydrogens (tertiary/aromatic N) is 3. The molecule has 0 saturated carbocycles. The largest absolute Gasteiger partial charge is 0.366 e. The molecule has 1 unspecified atom stereocenters. The fourth-order valence-corrected chi connectivity index (χ4v) is 4.30. The van der Waals surface area contributed by atoms with Crippen LogP contribution in [0.25, 0.3) is 5.57 Å². The third-order valence-electron chi connectivity index (χ3n) is 4.83. The van der Waals surface area contributed by atoms with E-state index in [0.717, 1.165) is 19.3 Å². The van der Waals surface area contributed by atoms with Crippen LogP contribution in [0.1, 0.15) is 40.7 Å². The Labute approximate surface area is 175 Å². The number of alkyl halides is 1. The number of primary amides is 1. The standard InChI is InChI=1S/C20H19BrN4O4/c21-17-3-1-2-11-24(17)19-16(25(28)29)5-4-15(20(22)27)18(19)14(8-12-26)13-6-9-23-10-7-13/h4-10,12,17H,1-3,11H2,(H2,22,27). The van der Waals surface area contributed by atoms with Gasteiger partial charge in [0.25, 0.3) is 5.69 Å². The lowest BCUT2D eigenvalue weighted by Crippen LogP contribution is -2.37. The number of nitro benzene ring substituents is 1. The summed E-state index contributed by atoms with van der Waals surface area (Å²) in [6, 6.07) is 5.97. The van der Waals surface area contributed by atoms with Gasteiger partial charge in [0.2, 0.25) is 5.91 Å². The molecule has 1 aromatic heterocycles. The fraction of sp³-hybridized carbons (Fsp3) is 0.250. The van der Waals surface area contributed by atoms with E-state index in [-0.39, 0.29) is 27.5 Å². The first kappa shape index (κ1) is 20.7. The predicted octanol–water partition coefficient (Wildman–Crippen LogP) is 3.43. The van der Waals surface area contributed by atoms with E-state index in [9.17, 15) is 19.7 Å². The third-order valence-corrected chi connectivity index (χ3v) is 5.78. The Morgan fingerprint density at radius 2 is 2.00 bits per heavy atom. The topological polar surface area (TPSA) is 119 Å². The summed E-state index contributed by atoms with van der Waals surface area (Å²) in [7, 11) is 0. The second-order valence-electron chi connectivity index (χ2n) is 6.55. The van der Waals surface area contributed by atoms with Crippen LogP contribution in [0, 0.1) is 10.1 Å². The number of anilines is 1. The van der Waals surface area contributed by atoms with E-state index >= 15 is 0 Å². The lowest BCUT2D eigenvalue weighted by atomic mass is 9.90. The van der Waals surface area contributed by atoms with Gasteiger partial charge in [0.1, 0.15) is 12.0 Å². The van der Waals surface area contributed by atoms with Gasteiger partial charge in [0.15, 0.2) is 0 Å². The highest BCUT2D eigenvalue weighted by Gasteiger charge is 2.33. The van der Waals surface area contributed by atoms with Gasteiger partial charge in [-0.1, -0.05) is 15.9 Å². The number of nitro groups is 1. The number of hydrogen-bond acceptors (Lipinski definition) is 6. The van der Waals surface area contributed by atoms with Crippen LogP contribution in [0.4, 0.5) is 11.4 Å². The summed E-state index contributed by atoms with van der Waals surface area (Å²) in [6.07, 6.45) is 7.59. The van der Waals surface area contributed by atoms with E-state index in [1.54, 1.807) is 24.5 Å². The second-order valence-corrected chi connectivity index (χ2v) is 7.61. The maximum Gasteiger partial charge on any atom is 0.293 e. The lowest BCUT2D eigenvalue weighted by Gasteiger charge is -2.35. The Bertz CT molecular complexity index is 978. The first-order valence-corrected chi connectivity index (χ1v) is 9.95. The van der Waals surface area contributed by atoms with Gasteiger partial charge < -0.3 is 10.6 Å². The van der Waals surface area contributed by atoms with Gasteiger partial charge in [-0.15, -0.1) is 0 Å². The molecule has 0 radical (unpaired) electrons. The number of piperidine rings is 1. The minimum atomic E-state index is -0.731. The van der Waals surface area contributed by atoms with Crippen LogP contribution in [0.15, 0.2) is 42.7 Å². The number of carbonyl (C=O) groups is 2. The summed E-state index contributed by atoms with van der Waals surface area (Å²) in [4.78, 5) is 40.8. The van der Waals surface area contributed by atoms with Crippen LogP contribution in [-0.2, 0) is 4.79 Å². The smallest absolute Gasteiger partial charge is 0.293 e. The zero-order valence-corrected chi connectivity index (χ0v) is 17.0. The average molecular weight is 459 g/mol. The number of nitrogens with two attached hydrogens (primary N) is 1. The summed E-state index contributed by atoms with van der Waals surface area (Å²) < 4.78 is 0. The van der Waals surface area contributed by atoms with E-state index in [1.165, 1.54) is 18.2 Å². The molecule has 29 heavy (non-hydrogen) atoms. The number of aldehydes is 1. The molecule has 1 saturated heterocycles. The summed E-state index contributed by atoms with van der Waals surface area (Å²) in [5.41, 5.74) is 7.10. The molecule has 1 fully saturated rings. The minimum absolute atomic E-state index is 0.112. The molecular formula is C20H19BrN4O4. The maximum absolute atomic E-state index is 12.3. The van der Waals surface area contributed by atoms with Gasteiger partial charge in [-0.05, 0) is 54.7 Å². The third kappa shape index (κ3) is 4.19. The average Bonchev–Trinajstić information content (AvgIpc) is 2.72. The summed E-state index contributed by atoms with van der Waals surface area (Å²) in [5.74, 6) is -0.731. The monoisotopic (exact) mass is 458 g/mol. The second kappa shape index (κ2) is 8.95. The van der Waals surface area contributed by atoms with E-state index in [2.05, 4.69) is 20.9 Å². The van der Waals surface area contributed by atoms with Crippen molar-refractivity contribution in [2.24, 2.45) is 5.73 Å². The van der Waals surface area contributed by atoms with Crippen molar-refractivity contribution in [3.63, 3.8) is 0 Å². The van der Waals surface area contributed by atoms with Crippen LogP contribution in [0.3, 0.4) is 0 Å². The Morgan fingerprint density at radius 3 is 2.59 bits per heavy atom. The summed E-state index contributed by atoms with van der Waals surface area (Å²) in [5, 5.41) is 11.9. The SMILES string of the molecule is NC(=O)c1ccc([N+](=O)[O-])c(N2CCCCC2Br)c1C(=CC=O)c1ccncc1. The number of allylic oxidation sites excluding steroid dienone is 1. The van der Waals surface area contributed by atoms with Crippen molar-refractivity contribution in [3.05, 3.63) is 69.5 Å². The highest BCUT2D eigenvalue weighted by molar-refractivity contribution is 9.09. The Kier molecular flexibility index (Phi) is 6.38. The van der Waals surface area contributed by atoms with E-state index in [0.29, 0.717) is 24.0 Å². The molecule has 150 valence electrons. The number of rotatable bonds is 6. The summed E-state index contributed by atoms with van der Waals surface area (Å²) >= 11 is 3.60. The predicted molar refractivity (Wildman–Crippen MR) is 113 cm³/mol. The normalized spacial score (nSPS) is 17.1. The Hall–Kier alpha value is -3.07.